The van der Waals surface area contributed by atoms with Crippen molar-refractivity contribution in [1.82, 2.24) is 24.9 Å². The van der Waals surface area contributed by atoms with E-state index in [9.17, 15) is 18.0 Å². The SMILES string of the molecule is Cc1cc(C)n(C(C)C(=O)N2CCc3[nH]nc(C(F)(F)F)c3C2)n1. The van der Waals surface area contributed by atoms with Crippen LogP contribution in [0.3, 0.4) is 0 Å². The lowest BCUT2D eigenvalue weighted by molar-refractivity contribution is -0.143. The summed E-state index contributed by atoms with van der Waals surface area (Å²) in [4.78, 5) is 14.1. The third-order valence-corrected chi connectivity index (χ3v) is 4.28. The number of aryl methyl sites for hydroxylation is 2. The molecule has 0 aliphatic carbocycles. The van der Waals surface area contributed by atoms with Crippen LogP contribution in [-0.4, -0.2) is 37.3 Å². The van der Waals surface area contributed by atoms with Gasteiger partial charge in [0.15, 0.2) is 5.69 Å². The molecule has 3 heterocycles. The lowest BCUT2D eigenvalue weighted by Crippen LogP contribution is -2.40. The van der Waals surface area contributed by atoms with Crippen LogP contribution < -0.4 is 0 Å². The molecule has 0 spiro atoms. The summed E-state index contributed by atoms with van der Waals surface area (Å²) in [6.07, 6.45) is -4.20. The summed E-state index contributed by atoms with van der Waals surface area (Å²) in [5.41, 5.74) is 1.20. The summed E-state index contributed by atoms with van der Waals surface area (Å²) in [5.74, 6) is -0.249. The van der Waals surface area contributed by atoms with E-state index < -0.39 is 17.9 Å². The molecule has 3 rings (SSSR count). The second-order valence-corrected chi connectivity index (χ2v) is 6.08. The van der Waals surface area contributed by atoms with Gasteiger partial charge in [-0.05, 0) is 26.8 Å². The predicted molar refractivity (Wildman–Crippen MR) is 79.1 cm³/mol. The molecule has 1 aliphatic heterocycles. The summed E-state index contributed by atoms with van der Waals surface area (Å²) in [5, 5.41) is 10.1. The lowest BCUT2D eigenvalue weighted by atomic mass is 10.0. The fourth-order valence-corrected chi connectivity index (χ4v) is 3.12. The van der Waals surface area contributed by atoms with Gasteiger partial charge in [-0.2, -0.15) is 23.4 Å². The largest absolute Gasteiger partial charge is 0.435 e. The monoisotopic (exact) mass is 341 g/mol. The number of carbonyl (C=O) groups excluding carboxylic acids is 1. The molecule has 1 N–H and O–H groups in total. The van der Waals surface area contributed by atoms with Gasteiger partial charge in [0.2, 0.25) is 5.91 Å². The number of H-pyrrole nitrogens is 1. The molecule has 2 aromatic rings. The summed E-state index contributed by atoms with van der Waals surface area (Å²) in [7, 11) is 0. The molecule has 9 heteroatoms. The number of alkyl halides is 3. The first-order valence-electron chi connectivity index (χ1n) is 7.63. The van der Waals surface area contributed by atoms with Gasteiger partial charge < -0.3 is 4.90 Å². The van der Waals surface area contributed by atoms with Crippen LogP contribution in [-0.2, 0) is 23.9 Å². The summed E-state index contributed by atoms with van der Waals surface area (Å²) >= 11 is 0. The van der Waals surface area contributed by atoms with E-state index in [1.54, 1.807) is 11.6 Å². The molecule has 24 heavy (non-hydrogen) atoms. The van der Waals surface area contributed by atoms with Crippen LogP contribution in [0.25, 0.3) is 0 Å². The van der Waals surface area contributed by atoms with Gasteiger partial charge in [0.25, 0.3) is 0 Å². The van der Waals surface area contributed by atoms with Crippen LogP contribution in [0.2, 0.25) is 0 Å². The number of halogens is 3. The van der Waals surface area contributed by atoms with E-state index in [1.807, 2.05) is 19.9 Å². The van der Waals surface area contributed by atoms with E-state index in [1.165, 1.54) is 4.90 Å². The van der Waals surface area contributed by atoms with Crippen molar-refractivity contribution < 1.29 is 18.0 Å². The van der Waals surface area contributed by atoms with Crippen LogP contribution in [0.5, 0.6) is 0 Å². The summed E-state index contributed by atoms with van der Waals surface area (Å²) in [6, 6.07) is 1.29. The van der Waals surface area contributed by atoms with Crippen molar-refractivity contribution in [2.75, 3.05) is 6.54 Å². The Morgan fingerprint density at radius 2 is 2.08 bits per heavy atom. The Labute approximate surface area is 136 Å². The molecule has 2 aromatic heterocycles. The Morgan fingerprint density at radius 3 is 2.67 bits per heavy atom. The maximum absolute atomic E-state index is 13.0. The zero-order valence-electron chi connectivity index (χ0n) is 13.6. The van der Waals surface area contributed by atoms with E-state index in [4.69, 9.17) is 0 Å². The zero-order valence-corrected chi connectivity index (χ0v) is 13.6. The van der Waals surface area contributed by atoms with Crippen molar-refractivity contribution in [3.8, 4) is 0 Å². The standard InChI is InChI=1S/C15H18F3N5O/c1-8-6-9(2)23(21-8)10(3)14(24)22-5-4-12-11(7-22)13(20-19-12)15(16,17)18/h6,10H,4-5,7H2,1-3H3,(H,19,20). The third kappa shape index (κ3) is 2.78. The molecule has 0 fully saturated rings. The van der Waals surface area contributed by atoms with Crippen molar-refractivity contribution >= 4 is 5.91 Å². The first-order chi connectivity index (χ1) is 11.2. The van der Waals surface area contributed by atoms with Gasteiger partial charge in [-0.25, -0.2) is 0 Å². The molecule has 0 saturated heterocycles. The number of aromatic nitrogens is 4. The number of hydrogen-bond donors (Lipinski definition) is 1. The molecular formula is C15H18F3N5O. The Kier molecular flexibility index (Phi) is 3.89. The molecule has 1 unspecified atom stereocenters. The minimum atomic E-state index is -4.53. The number of fused-ring (bicyclic) bond motifs is 1. The van der Waals surface area contributed by atoms with Gasteiger partial charge in [0, 0.05) is 36.5 Å². The average molecular weight is 341 g/mol. The Hall–Kier alpha value is -2.32. The van der Waals surface area contributed by atoms with Gasteiger partial charge in [-0.1, -0.05) is 0 Å². The highest BCUT2D eigenvalue weighted by Crippen LogP contribution is 2.34. The molecule has 0 aromatic carbocycles. The number of hydrogen-bond acceptors (Lipinski definition) is 3. The Bertz CT molecular complexity index is 777. The molecule has 0 radical (unpaired) electrons. The second kappa shape index (κ2) is 5.64. The highest BCUT2D eigenvalue weighted by atomic mass is 19.4. The molecule has 0 bridgehead atoms. The topological polar surface area (TPSA) is 66.8 Å². The average Bonchev–Trinajstić information content (AvgIpc) is 3.07. The van der Waals surface area contributed by atoms with E-state index in [0.717, 1.165) is 11.4 Å². The molecule has 130 valence electrons. The number of carbonyl (C=O) groups is 1. The lowest BCUT2D eigenvalue weighted by Gasteiger charge is -2.30. The summed E-state index contributed by atoms with van der Waals surface area (Å²) in [6.45, 7) is 5.64. The van der Waals surface area contributed by atoms with Crippen molar-refractivity contribution in [2.45, 2.75) is 46.0 Å². The normalized spacial score (nSPS) is 16.2. The van der Waals surface area contributed by atoms with Crippen LogP contribution >= 0.6 is 0 Å². The molecule has 1 atom stereocenters. The minimum Gasteiger partial charge on any atom is -0.336 e. The predicted octanol–water partition coefficient (Wildman–Crippen LogP) is 2.39. The Balaban J connectivity index is 1.83. The highest BCUT2D eigenvalue weighted by Gasteiger charge is 2.40. The van der Waals surface area contributed by atoms with Gasteiger partial charge in [0.05, 0.1) is 5.69 Å². The molecule has 1 aliphatic rings. The van der Waals surface area contributed by atoms with Gasteiger partial charge >= 0.3 is 6.18 Å². The number of nitrogens with one attached hydrogen (secondary N) is 1. The van der Waals surface area contributed by atoms with Crippen LogP contribution in [0.15, 0.2) is 6.07 Å². The van der Waals surface area contributed by atoms with E-state index in [2.05, 4.69) is 15.3 Å². The number of rotatable bonds is 2. The highest BCUT2D eigenvalue weighted by molar-refractivity contribution is 5.80. The van der Waals surface area contributed by atoms with Gasteiger partial charge in [0.1, 0.15) is 6.04 Å². The van der Waals surface area contributed by atoms with Crippen molar-refractivity contribution in [3.63, 3.8) is 0 Å². The van der Waals surface area contributed by atoms with Crippen LogP contribution in [0.1, 0.15) is 41.3 Å². The van der Waals surface area contributed by atoms with Gasteiger partial charge in [-0.15, -0.1) is 0 Å². The fraction of sp³-hybridized carbons (Fsp3) is 0.533. The van der Waals surface area contributed by atoms with Crippen molar-refractivity contribution in [3.05, 3.63) is 34.4 Å². The molecular weight excluding hydrogens is 323 g/mol. The van der Waals surface area contributed by atoms with E-state index in [-0.39, 0.29) is 18.0 Å². The fourth-order valence-electron chi connectivity index (χ4n) is 3.12. The van der Waals surface area contributed by atoms with Crippen LogP contribution in [0, 0.1) is 13.8 Å². The van der Waals surface area contributed by atoms with Crippen LogP contribution in [0.4, 0.5) is 13.2 Å². The maximum atomic E-state index is 13.0. The summed E-state index contributed by atoms with van der Waals surface area (Å²) < 4.78 is 40.7. The first-order valence-corrected chi connectivity index (χ1v) is 7.63. The number of nitrogens with zero attached hydrogens (tertiary/aromatic N) is 4. The zero-order chi connectivity index (χ0) is 17.6. The van der Waals surface area contributed by atoms with Gasteiger partial charge in [-0.3, -0.25) is 14.6 Å². The smallest absolute Gasteiger partial charge is 0.336 e. The molecule has 0 saturated carbocycles. The maximum Gasteiger partial charge on any atom is 0.435 e. The van der Waals surface area contributed by atoms with E-state index in [0.29, 0.717) is 18.7 Å². The molecule has 1 amide bonds. The molecule has 6 nitrogen and oxygen atoms in total. The van der Waals surface area contributed by atoms with E-state index >= 15 is 0 Å². The van der Waals surface area contributed by atoms with Crippen molar-refractivity contribution in [2.24, 2.45) is 0 Å². The van der Waals surface area contributed by atoms with Crippen molar-refractivity contribution in [1.29, 1.82) is 0 Å². The quantitative estimate of drug-likeness (QED) is 0.912. The second-order valence-electron chi connectivity index (χ2n) is 6.08. The minimum absolute atomic E-state index is 0.0580. The first kappa shape index (κ1) is 16.5. The number of amides is 1. The Morgan fingerprint density at radius 1 is 1.38 bits per heavy atom. The third-order valence-electron chi connectivity index (χ3n) is 4.28. The number of aromatic amines is 1.